The molecule has 0 heterocycles. The lowest BCUT2D eigenvalue weighted by Gasteiger charge is -2.25. The van der Waals surface area contributed by atoms with Crippen molar-refractivity contribution in [2.45, 2.75) is 4.90 Å². The molecule has 1 aromatic rings. The minimum atomic E-state index is -3.53. The van der Waals surface area contributed by atoms with Crippen LogP contribution in [0.25, 0.3) is 0 Å². The standard InChI is InChI=1S/C12H21N3O4S/c1-14-20(17,18)10-3-4-11(13)12(9-10)15(5-7-16)6-8-19-2/h3-4,9,14,16H,5-8,13H2,1-2H3. The predicted molar refractivity (Wildman–Crippen MR) is 78.3 cm³/mol. The monoisotopic (exact) mass is 303 g/mol. The van der Waals surface area contributed by atoms with Crippen LogP contribution in [0.4, 0.5) is 11.4 Å². The molecule has 7 nitrogen and oxygen atoms in total. The molecule has 0 atom stereocenters. The van der Waals surface area contributed by atoms with Crippen LogP contribution >= 0.6 is 0 Å². The number of nitrogens with two attached hydrogens (primary N) is 1. The first-order valence-corrected chi connectivity index (χ1v) is 7.62. The molecular weight excluding hydrogens is 282 g/mol. The van der Waals surface area contributed by atoms with Crippen molar-refractivity contribution in [1.82, 2.24) is 4.72 Å². The highest BCUT2D eigenvalue weighted by Crippen LogP contribution is 2.26. The number of hydrogen-bond donors (Lipinski definition) is 3. The first-order valence-electron chi connectivity index (χ1n) is 6.14. The zero-order valence-corrected chi connectivity index (χ0v) is 12.5. The van der Waals surface area contributed by atoms with E-state index in [0.29, 0.717) is 31.1 Å². The van der Waals surface area contributed by atoms with E-state index in [4.69, 9.17) is 15.6 Å². The molecule has 0 aromatic heterocycles. The third-order valence-corrected chi connectivity index (χ3v) is 4.27. The highest BCUT2D eigenvalue weighted by molar-refractivity contribution is 7.89. The minimum absolute atomic E-state index is 0.0633. The van der Waals surface area contributed by atoms with Crippen LogP contribution in [-0.2, 0) is 14.8 Å². The second-order valence-electron chi connectivity index (χ2n) is 4.13. The third kappa shape index (κ3) is 4.07. The lowest BCUT2D eigenvalue weighted by Crippen LogP contribution is -2.31. The number of aliphatic hydroxyl groups excluding tert-OH is 1. The third-order valence-electron chi connectivity index (χ3n) is 2.86. The second-order valence-corrected chi connectivity index (χ2v) is 6.02. The van der Waals surface area contributed by atoms with E-state index in [2.05, 4.69) is 4.72 Å². The van der Waals surface area contributed by atoms with Gasteiger partial charge in [-0.3, -0.25) is 0 Å². The molecular formula is C12H21N3O4S. The van der Waals surface area contributed by atoms with Gasteiger partial charge in [-0.05, 0) is 25.2 Å². The van der Waals surface area contributed by atoms with Crippen molar-refractivity contribution in [3.63, 3.8) is 0 Å². The van der Waals surface area contributed by atoms with Gasteiger partial charge in [-0.1, -0.05) is 0 Å². The summed E-state index contributed by atoms with van der Waals surface area (Å²) in [5, 5.41) is 9.11. The van der Waals surface area contributed by atoms with Gasteiger partial charge >= 0.3 is 0 Å². The summed E-state index contributed by atoms with van der Waals surface area (Å²) >= 11 is 0. The number of sulfonamides is 1. The molecule has 0 saturated heterocycles. The van der Waals surface area contributed by atoms with E-state index in [0.717, 1.165) is 0 Å². The van der Waals surface area contributed by atoms with Crippen LogP contribution < -0.4 is 15.4 Å². The van der Waals surface area contributed by atoms with Crippen LogP contribution in [0.5, 0.6) is 0 Å². The predicted octanol–water partition coefficient (Wildman–Crippen LogP) is -0.378. The Hall–Kier alpha value is -1.35. The zero-order chi connectivity index (χ0) is 15.2. The van der Waals surface area contributed by atoms with Gasteiger partial charge < -0.3 is 20.5 Å². The number of nitrogens with one attached hydrogen (secondary N) is 1. The average molecular weight is 303 g/mol. The van der Waals surface area contributed by atoms with Gasteiger partial charge in [-0.15, -0.1) is 0 Å². The van der Waals surface area contributed by atoms with Crippen LogP contribution in [0.2, 0.25) is 0 Å². The summed E-state index contributed by atoms with van der Waals surface area (Å²) in [6, 6.07) is 4.47. The van der Waals surface area contributed by atoms with Crippen molar-refractivity contribution in [2.75, 3.05) is 51.1 Å². The SMILES string of the molecule is CNS(=O)(=O)c1ccc(N)c(N(CCO)CCOC)c1. The summed E-state index contributed by atoms with van der Waals surface area (Å²) in [5.41, 5.74) is 6.91. The molecule has 0 amide bonds. The average Bonchev–Trinajstić information content (AvgIpc) is 2.44. The maximum atomic E-state index is 11.8. The van der Waals surface area contributed by atoms with Crippen LogP contribution in [0.1, 0.15) is 0 Å². The molecule has 20 heavy (non-hydrogen) atoms. The Morgan fingerprint density at radius 1 is 1.40 bits per heavy atom. The summed E-state index contributed by atoms with van der Waals surface area (Å²) in [6.45, 7) is 1.23. The first kappa shape index (κ1) is 16.7. The fourth-order valence-electron chi connectivity index (χ4n) is 1.76. The topological polar surface area (TPSA) is 105 Å². The number of nitrogen functional groups attached to an aromatic ring is 1. The Balaban J connectivity index is 3.16. The van der Waals surface area contributed by atoms with Gasteiger partial charge in [0.15, 0.2) is 0 Å². The number of nitrogens with zero attached hydrogens (tertiary/aromatic N) is 1. The van der Waals surface area contributed by atoms with Crippen LogP contribution in [0.3, 0.4) is 0 Å². The number of benzene rings is 1. The molecule has 0 spiro atoms. The number of anilines is 2. The quantitative estimate of drug-likeness (QED) is 0.566. The summed E-state index contributed by atoms with van der Waals surface area (Å²) in [7, 11) is -0.612. The van der Waals surface area contributed by atoms with Crippen molar-refractivity contribution in [2.24, 2.45) is 0 Å². The number of methoxy groups -OCH3 is 1. The first-order chi connectivity index (χ1) is 9.46. The molecule has 114 valence electrons. The normalized spacial score (nSPS) is 11.6. The maximum absolute atomic E-state index is 11.8. The Morgan fingerprint density at radius 3 is 2.65 bits per heavy atom. The lowest BCUT2D eigenvalue weighted by molar-refractivity contribution is 0.203. The molecule has 0 bridgehead atoms. The molecule has 1 rings (SSSR count). The van der Waals surface area contributed by atoms with Gasteiger partial charge in [0.1, 0.15) is 0 Å². The van der Waals surface area contributed by atoms with E-state index in [1.165, 1.54) is 25.2 Å². The Labute approximate surface area is 119 Å². The van der Waals surface area contributed by atoms with Crippen LogP contribution in [0, 0.1) is 0 Å². The Kier molecular flexibility index (Phi) is 6.21. The van der Waals surface area contributed by atoms with Gasteiger partial charge in [0.05, 0.1) is 29.5 Å². The molecule has 0 aliphatic heterocycles. The molecule has 8 heteroatoms. The maximum Gasteiger partial charge on any atom is 0.240 e. The van der Waals surface area contributed by atoms with Crippen molar-refractivity contribution >= 4 is 21.4 Å². The van der Waals surface area contributed by atoms with Crippen molar-refractivity contribution < 1.29 is 18.3 Å². The molecule has 4 N–H and O–H groups in total. The molecule has 0 unspecified atom stereocenters. The van der Waals surface area contributed by atoms with Crippen molar-refractivity contribution in [3.05, 3.63) is 18.2 Å². The number of hydrogen-bond acceptors (Lipinski definition) is 6. The smallest absolute Gasteiger partial charge is 0.240 e. The van der Waals surface area contributed by atoms with E-state index < -0.39 is 10.0 Å². The second kappa shape index (κ2) is 7.44. The molecule has 0 saturated carbocycles. The molecule has 0 aliphatic carbocycles. The fourth-order valence-corrected chi connectivity index (χ4v) is 2.51. The van der Waals surface area contributed by atoms with E-state index in [1.807, 2.05) is 0 Å². The van der Waals surface area contributed by atoms with Gasteiger partial charge in [0, 0.05) is 20.2 Å². The number of ether oxygens (including phenoxy) is 1. The van der Waals surface area contributed by atoms with E-state index in [-0.39, 0.29) is 11.5 Å². The zero-order valence-electron chi connectivity index (χ0n) is 11.7. The highest BCUT2D eigenvalue weighted by Gasteiger charge is 2.16. The largest absolute Gasteiger partial charge is 0.397 e. The van der Waals surface area contributed by atoms with E-state index >= 15 is 0 Å². The minimum Gasteiger partial charge on any atom is -0.397 e. The summed E-state index contributed by atoms with van der Waals surface area (Å²) in [5.74, 6) is 0. The Bertz CT molecular complexity index is 534. The van der Waals surface area contributed by atoms with Crippen molar-refractivity contribution in [1.29, 1.82) is 0 Å². The molecule has 0 aliphatic rings. The van der Waals surface area contributed by atoms with Crippen LogP contribution in [-0.4, -0.2) is 54.0 Å². The number of rotatable bonds is 8. The molecule has 1 aromatic carbocycles. The van der Waals surface area contributed by atoms with Crippen LogP contribution in [0.15, 0.2) is 23.1 Å². The summed E-state index contributed by atoms with van der Waals surface area (Å²) in [6.07, 6.45) is 0. The molecule has 0 radical (unpaired) electrons. The molecule has 0 fully saturated rings. The van der Waals surface area contributed by atoms with Gasteiger partial charge in [-0.2, -0.15) is 0 Å². The van der Waals surface area contributed by atoms with Gasteiger partial charge in [0.25, 0.3) is 0 Å². The van der Waals surface area contributed by atoms with Gasteiger partial charge in [-0.25, -0.2) is 13.1 Å². The highest BCUT2D eigenvalue weighted by atomic mass is 32.2. The lowest BCUT2D eigenvalue weighted by atomic mass is 10.2. The van der Waals surface area contributed by atoms with Gasteiger partial charge in [0.2, 0.25) is 10.0 Å². The van der Waals surface area contributed by atoms with E-state index in [9.17, 15) is 8.42 Å². The summed E-state index contributed by atoms with van der Waals surface area (Å²) in [4.78, 5) is 1.91. The number of aliphatic hydroxyl groups is 1. The fraction of sp³-hybridized carbons (Fsp3) is 0.500. The van der Waals surface area contributed by atoms with E-state index in [1.54, 1.807) is 12.0 Å². The Morgan fingerprint density at radius 2 is 2.10 bits per heavy atom. The summed E-state index contributed by atoms with van der Waals surface area (Å²) < 4.78 is 30.9. The van der Waals surface area contributed by atoms with Crippen molar-refractivity contribution in [3.8, 4) is 0 Å².